The number of nitrogens with zero attached hydrogens (tertiary/aromatic N) is 2. The Bertz CT molecular complexity index is 722. The summed E-state index contributed by atoms with van der Waals surface area (Å²) in [5.74, 6) is -0.000905. The summed E-state index contributed by atoms with van der Waals surface area (Å²) in [6, 6.07) is 7.28. The molecule has 3 aromatic rings. The first-order valence-electron chi connectivity index (χ1n) is 5.24. The predicted octanol–water partition coefficient (Wildman–Crippen LogP) is 3.22. The molecule has 0 bridgehead atoms. The summed E-state index contributed by atoms with van der Waals surface area (Å²) in [5.41, 5.74) is 0.945. The van der Waals surface area contributed by atoms with Crippen molar-refractivity contribution in [3.05, 3.63) is 58.8 Å². The second-order valence-corrected chi connectivity index (χ2v) is 4.63. The average molecular weight is 303 g/mol. The van der Waals surface area contributed by atoms with Crippen LogP contribution in [0.3, 0.4) is 0 Å². The van der Waals surface area contributed by atoms with Crippen molar-refractivity contribution in [2.24, 2.45) is 0 Å². The molecule has 0 saturated heterocycles. The molecule has 0 aliphatic rings. The van der Waals surface area contributed by atoms with Gasteiger partial charge in [-0.25, -0.2) is 4.98 Å². The minimum atomic E-state index is -0.268. The van der Waals surface area contributed by atoms with Gasteiger partial charge in [-0.05, 0) is 24.3 Å². The lowest BCUT2D eigenvalue weighted by Crippen LogP contribution is -2.02. The Labute approximate surface area is 111 Å². The highest BCUT2D eigenvalue weighted by molar-refractivity contribution is 9.10. The monoisotopic (exact) mass is 302 g/mol. The molecule has 2 aromatic heterocycles. The quantitative estimate of drug-likeness (QED) is 0.682. The molecule has 3 rings (SSSR count). The largest absolute Gasteiger partial charge is 0.453 e. The zero-order valence-corrected chi connectivity index (χ0v) is 10.7. The van der Waals surface area contributed by atoms with Crippen LogP contribution in [0.25, 0.3) is 11.0 Å². The van der Waals surface area contributed by atoms with E-state index in [1.165, 1.54) is 18.6 Å². The second-order valence-electron chi connectivity index (χ2n) is 3.71. The van der Waals surface area contributed by atoms with Crippen LogP contribution >= 0.6 is 15.9 Å². The highest BCUT2D eigenvalue weighted by Gasteiger charge is 2.15. The van der Waals surface area contributed by atoms with Gasteiger partial charge in [0.25, 0.3) is 0 Å². The Hall–Kier alpha value is -2.01. The summed E-state index contributed by atoms with van der Waals surface area (Å²) in [4.78, 5) is 19.9. The Balaban J connectivity index is 2.07. The Kier molecular flexibility index (Phi) is 2.68. The van der Waals surface area contributed by atoms with E-state index >= 15 is 0 Å². The Morgan fingerprint density at radius 2 is 2.11 bits per heavy atom. The van der Waals surface area contributed by atoms with Crippen molar-refractivity contribution < 1.29 is 9.21 Å². The smallest absolute Gasteiger partial charge is 0.248 e. The molecule has 0 aliphatic heterocycles. The van der Waals surface area contributed by atoms with Gasteiger partial charge in [-0.3, -0.25) is 9.78 Å². The number of benzene rings is 1. The van der Waals surface area contributed by atoms with Gasteiger partial charge < -0.3 is 4.42 Å². The number of aromatic nitrogens is 2. The summed E-state index contributed by atoms with van der Waals surface area (Å²) in [7, 11) is 0. The van der Waals surface area contributed by atoms with Crippen LogP contribution < -0.4 is 0 Å². The van der Waals surface area contributed by atoms with Gasteiger partial charge in [0.1, 0.15) is 11.3 Å². The molecule has 0 N–H and O–H groups in total. The van der Waals surface area contributed by atoms with Crippen LogP contribution in [0.4, 0.5) is 0 Å². The number of halogens is 1. The zero-order chi connectivity index (χ0) is 12.5. The van der Waals surface area contributed by atoms with Crippen molar-refractivity contribution in [3.8, 4) is 0 Å². The number of furan rings is 1. The summed E-state index contributed by atoms with van der Waals surface area (Å²) in [6.07, 6.45) is 4.42. The fraction of sp³-hybridized carbons (Fsp3) is 0. The van der Waals surface area contributed by atoms with E-state index in [4.69, 9.17) is 4.42 Å². The van der Waals surface area contributed by atoms with Crippen LogP contribution in [0.1, 0.15) is 16.2 Å². The molecular weight excluding hydrogens is 296 g/mol. The van der Waals surface area contributed by atoms with Gasteiger partial charge in [0.05, 0.1) is 6.20 Å². The van der Waals surface area contributed by atoms with Crippen molar-refractivity contribution in [1.29, 1.82) is 0 Å². The normalized spacial score (nSPS) is 10.7. The molecule has 0 atom stereocenters. The van der Waals surface area contributed by atoms with E-state index in [1.807, 2.05) is 18.2 Å². The Morgan fingerprint density at radius 1 is 1.22 bits per heavy atom. The first-order valence-corrected chi connectivity index (χ1v) is 6.03. The van der Waals surface area contributed by atoms with E-state index < -0.39 is 0 Å². The molecule has 1 aromatic carbocycles. The van der Waals surface area contributed by atoms with Crippen LogP contribution in [0.5, 0.6) is 0 Å². The Morgan fingerprint density at radius 3 is 2.89 bits per heavy atom. The minimum absolute atomic E-state index is 0.267. The molecule has 0 fully saturated rings. The molecule has 0 amide bonds. The van der Waals surface area contributed by atoms with Crippen molar-refractivity contribution in [1.82, 2.24) is 9.97 Å². The fourth-order valence-corrected chi connectivity index (χ4v) is 2.05. The molecule has 2 heterocycles. The van der Waals surface area contributed by atoms with E-state index in [9.17, 15) is 4.79 Å². The van der Waals surface area contributed by atoms with Gasteiger partial charge in [-0.15, -0.1) is 0 Å². The van der Waals surface area contributed by atoms with Crippen LogP contribution in [0.15, 0.2) is 51.7 Å². The van der Waals surface area contributed by atoms with Crippen LogP contribution in [-0.2, 0) is 0 Å². The fourth-order valence-electron chi connectivity index (χ4n) is 1.67. The third-order valence-corrected chi connectivity index (χ3v) is 2.99. The van der Waals surface area contributed by atoms with E-state index in [1.54, 1.807) is 6.07 Å². The van der Waals surface area contributed by atoms with E-state index in [0.717, 1.165) is 9.86 Å². The summed E-state index contributed by atoms with van der Waals surface area (Å²) in [6.45, 7) is 0. The van der Waals surface area contributed by atoms with Crippen LogP contribution in [0.2, 0.25) is 0 Å². The van der Waals surface area contributed by atoms with Crippen LogP contribution in [0, 0.1) is 0 Å². The molecule has 4 nitrogen and oxygen atoms in total. The third kappa shape index (κ3) is 1.93. The number of carbonyl (C=O) groups excluding carboxylic acids is 1. The maximum absolute atomic E-state index is 12.1. The van der Waals surface area contributed by atoms with Crippen molar-refractivity contribution >= 4 is 32.7 Å². The lowest BCUT2D eigenvalue weighted by molar-refractivity contribution is 0.101. The second kappa shape index (κ2) is 4.34. The maximum Gasteiger partial charge on any atom is 0.248 e. The van der Waals surface area contributed by atoms with Crippen molar-refractivity contribution in [2.45, 2.75) is 0 Å². The van der Waals surface area contributed by atoms with Gasteiger partial charge in [0.2, 0.25) is 5.78 Å². The summed E-state index contributed by atoms with van der Waals surface area (Å²) >= 11 is 3.37. The first-order chi connectivity index (χ1) is 8.74. The standard InChI is InChI=1S/C13H7BrN2O2/c14-9-1-2-11-8(5-9)6-12(18-11)13(17)10-7-15-3-4-16-10/h1-7H. The number of hydrogen-bond donors (Lipinski definition) is 0. The molecule has 5 heteroatoms. The van der Waals surface area contributed by atoms with Gasteiger partial charge in [-0.2, -0.15) is 0 Å². The third-order valence-electron chi connectivity index (χ3n) is 2.50. The van der Waals surface area contributed by atoms with E-state index in [0.29, 0.717) is 5.58 Å². The summed E-state index contributed by atoms with van der Waals surface area (Å²) in [5, 5.41) is 0.872. The molecule has 0 radical (unpaired) electrons. The number of rotatable bonds is 2. The highest BCUT2D eigenvalue weighted by atomic mass is 79.9. The lowest BCUT2D eigenvalue weighted by atomic mass is 10.2. The average Bonchev–Trinajstić information content (AvgIpc) is 2.81. The number of ketones is 1. The van der Waals surface area contributed by atoms with Gasteiger partial charge in [-0.1, -0.05) is 15.9 Å². The van der Waals surface area contributed by atoms with Crippen molar-refractivity contribution in [3.63, 3.8) is 0 Å². The van der Waals surface area contributed by atoms with Crippen molar-refractivity contribution in [2.75, 3.05) is 0 Å². The first kappa shape index (κ1) is 11.1. The van der Waals surface area contributed by atoms with Crippen LogP contribution in [-0.4, -0.2) is 15.8 Å². The number of hydrogen-bond acceptors (Lipinski definition) is 4. The SMILES string of the molecule is O=C(c1cnccn1)c1cc2cc(Br)ccc2o1. The lowest BCUT2D eigenvalue weighted by Gasteiger charge is -1.93. The molecule has 0 unspecified atom stereocenters. The molecular formula is C13H7BrN2O2. The van der Waals surface area contributed by atoms with Gasteiger partial charge >= 0.3 is 0 Å². The maximum atomic E-state index is 12.1. The van der Waals surface area contributed by atoms with Gasteiger partial charge in [0.15, 0.2) is 5.76 Å². The zero-order valence-electron chi connectivity index (χ0n) is 9.13. The molecule has 18 heavy (non-hydrogen) atoms. The molecule has 88 valence electrons. The van der Waals surface area contributed by atoms with E-state index in [2.05, 4.69) is 25.9 Å². The van der Waals surface area contributed by atoms with Gasteiger partial charge in [0, 0.05) is 22.3 Å². The molecule has 0 aliphatic carbocycles. The predicted molar refractivity (Wildman–Crippen MR) is 69.4 cm³/mol. The highest BCUT2D eigenvalue weighted by Crippen LogP contribution is 2.24. The molecule has 0 saturated carbocycles. The summed E-state index contributed by atoms with van der Waals surface area (Å²) < 4.78 is 6.44. The minimum Gasteiger partial charge on any atom is -0.453 e. The topological polar surface area (TPSA) is 56.0 Å². The number of carbonyl (C=O) groups is 1. The van der Waals surface area contributed by atoms with E-state index in [-0.39, 0.29) is 17.2 Å². The number of fused-ring (bicyclic) bond motifs is 1. The molecule has 0 spiro atoms.